The van der Waals surface area contributed by atoms with Crippen molar-refractivity contribution in [2.24, 2.45) is 5.92 Å². The number of nitrogens with zero attached hydrogens (tertiary/aromatic N) is 4. The van der Waals surface area contributed by atoms with Gasteiger partial charge in [-0.1, -0.05) is 19.8 Å². The molecule has 1 atom stereocenters. The number of likely N-dealkylation sites (tertiary alicyclic amines) is 1. The fourth-order valence-corrected chi connectivity index (χ4v) is 5.96. The number of aryl methyl sites for hydroxylation is 1. The number of amides is 2. The van der Waals surface area contributed by atoms with Crippen molar-refractivity contribution in [2.45, 2.75) is 52.0 Å². The van der Waals surface area contributed by atoms with Crippen molar-refractivity contribution in [3.63, 3.8) is 0 Å². The van der Waals surface area contributed by atoms with Crippen molar-refractivity contribution in [3.8, 4) is 11.5 Å². The van der Waals surface area contributed by atoms with E-state index in [1.165, 1.54) is 51.3 Å². The van der Waals surface area contributed by atoms with Crippen molar-refractivity contribution < 1.29 is 23.0 Å². The Kier molecular flexibility index (Phi) is 7.93. The highest BCUT2D eigenvalue weighted by molar-refractivity contribution is 6.11. The average Bonchev–Trinajstić information content (AvgIpc) is 3.34. The molecule has 8 nitrogen and oxygen atoms in total. The molecule has 1 unspecified atom stereocenters. The van der Waals surface area contributed by atoms with E-state index in [0.29, 0.717) is 22.8 Å². The number of aromatic amines is 1. The molecule has 0 saturated carbocycles. The van der Waals surface area contributed by atoms with Crippen LogP contribution >= 0.6 is 0 Å². The minimum atomic E-state index is -0.963. The third-order valence-electron chi connectivity index (χ3n) is 8.22. The van der Waals surface area contributed by atoms with E-state index in [4.69, 9.17) is 9.47 Å². The van der Waals surface area contributed by atoms with Crippen LogP contribution < -0.4 is 19.3 Å². The molecule has 2 aliphatic heterocycles. The first-order valence-electron chi connectivity index (χ1n) is 13.7. The lowest BCUT2D eigenvalue weighted by Gasteiger charge is -2.35. The number of halogens is 2. The molecular weight excluding hydrogens is 504 g/mol. The number of methoxy groups -OCH3 is 2. The monoisotopic (exact) mass is 541 g/mol. The number of rotatable bonds is 7. The lowest BCUT2D eigenvalue weighted by Crippen LogP contribution is -2.46. The van der Waals surface area contributed by atoms with Crippen LogP contribution in [-0.2, 0) is 13.0 Å². The van der Waals surface area contributed by atoms with Gasteiger partial charge in [-0.15, -0.1) is 0 Å². The lowest BCUT2D eigenvalue weighted by atomic mass is 9.91. The number of hydrogen-bond donors (Lipinski definition) is 1. The molecule has 1 saturated heterocycles. The number of carbonyl (C=O) groups excluding carboxylic acids is 1. The van der Waals surface area contributed by atoms with E-state index < -0.39 is 23.4 Å². The largest absolute Gasteiger partial charge is 0.493 e. The standard InChI is InChI=1S/C29H37F2N5O3/c1-5-35-12-7-6-8-18(11-13-35)9-10-20-14-21-26-19(16-32-28(21)33-20)17-36(29(37)34(26)2)27-24(30)22(38-3)15-23(39-4)25(27)31/h14-16,18H,5-13,17H2,1-4H3,(H,32,33). The number of hydrogen-bond acceptors (Lipinski definition) is 5. The maximum absolute atomic E-state index is 15.2. The van der Waals surface area contributed by atoms with Gasteiger partial charge >= 0.3 is 6.03 Å². The second-order valence-electron chi connectivity index (χ2n) is 10.5. The molecule has 210 valence electrons. The smallest absolute Gasteiger partial charge is 0.329 e. The van der Waals surface area contributed by atoms with Crippen LogP contribution in [0.15, 0.2) is 18.3 Å². The number of aromatic nitrogens is 2. The van der Waals surface area contributed by atoms with Gasteiger partial charge in [-0.3, -0.25) is 9.80 Å². The summed E-state index contributed by atoms with van der Waals surface area (Å²) in [6, 6.07) is 2.64. The zero-order valence-corrected chi connectivity index (χ0v) is 23.1. The third kappa shape index (κ3) is 5.14. The van der Waals surface area contributed by atoms with Crippen LogP contribution in [0.1, 0.15) is 50.3 Å². The number of carbonyl (C=O) groups is 1. The highest BCUT2D eigenvalue weighted by atomic mass is 19.1. The summed E-state index contributed by atoms with van der Waals surface area (Å²) in [5.41, 5.74) is 2.66. The van der Waals surface area contributed by atoms with Gasteiger partial charge in [0, 0.05) is 36.0 Å². The van der Waals surface area contributed by atoms with Crippen molar-refractivity contribution >= 4 is 28.4 Å². The van der Waals surface area contributed by atoms with Crippen LogP contribution in [0.2, 0.25) is 0 Å². The fourth-order valence-electron chi connectivity index (χ4n) is 5.96. The fraction of sp³-hybridized carbons (Fsp3) is 0.517. The summed E-state index contributed by atoms with van der Waals surface area (Å²) in [5, 5.41) is 0.831. The molecule has 10 heteroatoms. The molecule has 2 amide bonds. The van der Waals surface area contributed by atoms with Crippen LogP contribution in [0.3, 0.4) is 0 Å². The zero-order chi connectivity index (χ0) is 27.7. The van der Waals surface area contributed by atoms with E-state index in [0.717, 1.165) is 48.0 Å². The molecule has 2 aromatic heterocycles. The predicted octanol–water partition coefficient (Wildman–Crippen LogP) is 5.88. The maximum Gasteiger partial charge on any atom is 0.329 e. The van der Waals surface area contributed by atoms with Crippen LogP contribution in [0, 0.1) is 17.6 Å². The lowest BCUT2D eigenvalue weighted by molar-refractivity contribution is 0.224. The first kappa shape index (κ1) is 27.2. The van der Waals surface area contributed by atoms with Gasteiger partial charge in [-0.2, -0.15) is 0 Å². The number of H-pyrrole nitrogens is 1. The quantitative estimate of drug-likeness (QED) is 0.405. The van der Waals surface area contributed by atoms with Gasteiger partial charge in [0.25, 0.3) is 0 Å². The van der Waals surface area contributed by atoms with Gasteiger partial charge < -0.3 is 19.4 Å². The molecule has 39 heavy (non-hydrogen) atoms. The SMILES string of the molecule is CCN1CCCCC(CCc2cc3c4c(cnc3[nH]2)CN(c2c(F)c(OC)cc(OC)c2F)C(=O)N4C)CC1. The molecular formula is C29H37F2N5O3. The second kappa shape index (κ2) is 11.4. The van der Waals surface area contributed by atoms with Crippen molar-refractivity contribution in [1.29, 1.82) is 0 Å². The normalized spacial score (nSPS) is 18.7. The molecule has 3 aromatic rings. The molecule has 5 rings (SSSR count). The number of urea groups is 1. The van der Waals surface area contributed by atoms with Crippen LogP contribution in [0.4, 0.5) is 25.0 Å². The molecule has 0 bridgehead atoms. The summed E-state index contributed by atoms with van der Waals surface area (Å²) in [4.78, 5) is 26.6. The van der Waals surface area contributed by atoms with Crippen molar-refractivity contribution in [3.05, 3.63) is 41.2 Å². The van der Waals surface area contributed by atoms with Gasteiger partial charge in [0.05, 0.1) is 26.5 Å². The Balaban J connectivity index is 1.41. The van der Waals surface area contributed by atoms with E-state index in [2.05, 4.69) is 27.9 Å². The molecule has 0 spiro atoms. The molecule has 0 aliphatic carbocycles. The Labute approximate surface area is 227 Å². The summed E-state index contributed by atoms with van der Waals surface area (Å²) in [5.74, 6) is -1.65. The van der Waals surface area contributed by atoms with E-state index in [1.54, 1.807) is 13.2 Å². The molecule has 2 aliphatic rings. The van der Waals surface area contributed by atoms with Crippen LogP contribution in [0.25, 0.3) is 11.0 Å². The molecule has 1 fully saturated rings. The minimum absolute atomic E-state index is 0.0396. The van der Waals surface area contributed by atoms with Crippen molar-refractivity contribution in [1.82, 2.24) is 14.9 Å². The summed E-state index contributed by atoms with van der Waals surface area (Å²) >= 11 is 0. The van der Waals surface area contributed by atoms with E-state index in [-0.39, 0.29) is 18.0 Å². The Morgan fingerprint density at radius 1 is 1.05 bits per heavy atom. The highest BCUT2D eigenvalue weighted by Gasteiger charge is 2.36. The number of benzene rings is 1. The van der Waals surface area contributed by atoms with Gasteiger partial charge in [-0.05, 0) is 57.3 Å². The summed E-state index contributed by atoms with van der Waals surface area (Å²) in [6.45, 7) is 5.67. The van der Waals surface area contributed by atoms with Gasteiger partial charge in [0.15, 0.2) is 23.1 Å². The second-order valence-corrected chi connectivity index (χ2v) is 10.5. The van der Waals surface area contributed by atoms with Crippen LogP contribution in [-0.4, -0.2) is 61.8 Å². The number of fused-ring (bicyclic) bond motifs is 3. The number of pyridine rings is 1. The average molecular weight is 542 g/mol. The van der Waals surface area contributed by atoms with Gasteiger partial charge in [-0.25, -0.2) is 18.6 Å². The minimum Gasteiger partial charge on any atom is -0.493 e. The van der Waals surface area contributed by atoms with E-state index in [1.807, 2.05) is 0 Å². The first-order valence-corrected chi connectivity index (χ1v) is 13.7. The van der Waals surface area contributed by atoms with Crippen LogP contribution in [0.5, 0.6) is 11.5 Å². The Hall–Kier alpha value is -3.40. The maximum atomic E-state index is 15.2. The molecule has 1 aromatic carbocycles. The summed E-state index contributed by atoms with van der Waals surface area (Å²) < 4.78 is 40.6. The summed E-state index contributed by atoms with van der Waals surface area (Å²) in [7, 11) is 4.17. The summed E-state index contributed by atoms with van der Waals surface area (Å²) in [6.07, 6.45) is 8.69. The number of anilines is 2. The zero-order valence-electron chi connectivity index (χ0n) is 23.1. The van der Waals surface area contributed by atoms with E-state index >= 15 is 8.78 Å². The van der Waals surface area contributed by atoms with Gasteiger partial charge in [0.1, 0.15) is 11.3 Å². The first-order chi connectivity index (χ1) is 18.9. The third-order valence-corrected chi connectivity index (χ3v) is 8.22. The molecule has 1 N–H and O–H groups in total. The van der Waals surface area contributed by atoms with Gasteiger partial charge in [0.2, 0.25) is 0 Å². The van der Waals surface area contributed by atoms with Crippen molar-refractivity contribution in [2.75, 3.05) is 50.7 Å². The molecule has 0 radical (unpaired) electrons. The highest BCUT2D eigenvalue weighted by Crippen LogP contribution is 2.42. The Morgan fingerprint density at radius 3 is 2.49 bits per heavy atom. The number of nitrogens with one attached hydrogen (secondary N) is 1. The topological polar surface area (TPSA) is 73.9 Å². The number of ether oxygens (including phenoxy) is 2. The Bertz CT molecular complexity index is 1330. The predicted molar refractivity (Wildman–Crippen MR) is 148 cm³/mol. The molecule has 4 heterocycles. The van der Waals surface area contributed by atoms with E-state index in [9.17, 15) is 4.79 Å². The Morgan fingerprint density at radius 2 is 1.79 bits per heavy atom.